The minimum atomic E-state index is 0.340. The maximum Gasteiger partial charge on any atom is 0.295 e. The molecule has 7 rings (SSSR count). The molecule has 2 atom stereocenters. The molecule has 2 aliphatic carbocycles. The number of nitrogens with zero attached hydrogens (tertiary/aromatic N) is 2. The number of rotatable bonds is 0. The third-order valence-corrected chi connectivity index (χ3v) is 8.74. The van der Waals surface area contributed by atoms with Crippen molar-refractivity contribution in [1.29, 1.82) is 0 Å². The van der Waals surface area contributed by atoms with Crippen molar-refractivity contribution in [1.82, 2.24) is 4.40 Å². The van der Waals surface area contributed by atoms with Crippen LogP contribution in [0.3, 0.4) is 0 Å². The van der Waals surface area contributed by atoms with Crippen LogP contribution in [-0.2, 0) is 17.9 Å². The van der Waals surface area contributed by atoms with E-state index < -0.39 is 0 Å². The fraction of sp³-hybridized carbons (Fsp3) is 0.423. The highest BCUT2D eigenvalue weighted by atomic mass is 15.1. The highest BCUT2D eigenvalue weighted by Crippen LogP contribution is 2.65. The molecule has 0 N–H and O–H groups in total. The zero-order valence-electron chi connectivity index (χ0n) is 16.9. The summed E-state index contributed by atoms with van der Waals surface area (Å²) in [5.74, 6) is 0. The Balaban J connectivity index is 1.84. The summed E-state index contributed by atoms with van der Waals surface area (Å²) >= 11 is 0. The number of benzene rings is 2. The summed E-state index contributed by atoms with van der Waals surface area (Å²) in [4.78, 5) is 0. The standard InChI is InChI=1S/C26H27N2/c1-17-8-5-9-18-19-10-6-11-20-23(19)28-21(16-27(2)24(28)22(17)18)26-13-4-3-12-25(20,26)14-7-15-26/h5-6,8-11,16H,3-4,7,12-15H2,1-2H3/q+1. The van der Waals surface area contributed by atoms with Gasteiger partial charge in [-0.2, -0.15) is 4.40 Å². The van der Waals surface area contributed by atoms with Gasteiger partial charge < -0.3 is 0 Å². The van der Waals surface area contributed by atoms with Gasteiger partial charge in [-0.3, -0.25) is 0 Å². The van der Waals surface area contributed by atoms with Crippen LogP contribution in [0, 0.1) is 6.92 Å². The first-order valence-corrected chi connectivity index (χ1v) is 11.0. The van der Waals surface area contributed by atoms with E-state index in [1.165, 1.54) is 77.8 Å². The van der Waals surface area contributed by atoms with Gasteiger partial charge in [-0.1, -0.05) is 55.7 Å². The largest absolute Gasteiger partial charge is 0.295 e. The molecule has 140 valence electrons. The second kappa shape index (κ2) is 4.79. The number of imidazole rings is 1. The van der Waals surface area contributed by atoms with Gasteiger partial charge in [0, 0.05) is 27.2 Å². The number of pyridine rings is 1. The topological polar surface area (TPSA) is 8.29 Å². The number of fused-ring (bicyclic) bond motifs is 3. The lowest BCUT2D eigenvalue weighted by molar-refractivity contribution is -0.643. The van der Waals surface area contributed by atoms with Crippen LogP contribution in [0.1, 0.15) is 61.8 Å². The van der Waals surface area contributed by atoms with Gasteiger partial charge in [0.2, 0.25) is 0 Å². The average molecular weight is 368 g/mol. The van der Waals surface area contributed by atoms with Crippen LogP contribution in [0.5, 0.6) is 0 Å². The molecule has 2 aromatic heterocycles. The molecule has 0 saturated heterocycles. The first-order chi connectivity index (χ1) is 13.7. The molecule has 28 heavy (non-hydrogen) atoms. The monoisotopic (exact) mass is 367 g/mol. The van der Waals surface area contributed by atoms with E-state index in [4.69, 9.17) is 0 Å². The average Bonchev–Trinajstić information content (AvgIpc) is 3.28. The van der Waals surface area contributed by atoms with Crippen molar-refractivity contribution in [2.24, 2.45) is 7.05 Å². The number of para-hydroxylation sites is 1. The molecular weight excluding hydrogens is 340 g/mol. The molecule has 2 fully saturated rings. The van der Waals surface area contributed by atoms with Gasteiger partial charge in [0.05, 0.1) is 12.4 Å². The molecule has 4 aromatic rings. The van der Waals surface area contributed by atoms with Crippen molar-refractivity contribution < 1.29 is 4.57 Å². The van der Waals surface area contributed by atoms with E-state index in [2.05, 4.69) is 65.5 Å². The Morgan fingerprint density at radius 1 is 0.857 bits per heavy atom. The van der Waals surface area contributed by atoms with Crippen molar-refractivity contribution in [3.05, 3.63) is 59.4 Å². The quantitative estimate of drug-likeness (QED) is 0.281. The molecule has 0 bridgehead atoms. The van der Waals surface area contributed by atoms with Gasteiger partial charge in [0.15, 0.2) is 5.69 Å². The van der Waals surface area contributed by atoms with Crippen molar-refractivity contribution in [2.75, 3.05) is 0 Å². The summed E-state index contributed by atoms with van der Waals surface area (Å²) < 4.78 is 5.12. The molecule has 2 saturated carbocycles. The Morgan fingerprint density at radius 3 is 2.46 bits per heavy atom. The van der Waals surface area contributed by atoms with Crippen LogP contribution in [0.4, 0.5) is 0 Å². The maximum atomic E-state index is 2.69. The predicted molar refractivity (Wildman–Crippen MR) is 114 cm³/mol. The number of hydrogen-bond donors (Lipinski definition) is 0. The molecule has 0 radical (unpaired) electrons. The second-order valence-electron chi connectivity index (χ2n) is 9.71. The summed E-state index contributed by atoms with van der Waals surface area (Å²) in [5, 5.41) is 4.29. The number of aromatic nitrogens is 2. The highest BCUT2D eigenvalue weighted by Gasteiger charge is 2.63. The normalized spacial score (nSPS) is 28.4. The zero-order chi connectivity index (χ0) is 18.7. The predicted octanol–water partition coefficient (Wildman–Crippen LogP) is 5.63. The van der Waals surface area contributed by atoms with Gasteiger partial charge in [-0.15, -0.1) is 0 Å². The molecule has 2 aromatic carbocycles. The smallest absolute Gasteiger partial charge is 0.232 e. The van der Waals surface area contributed by atoms with E-state index in [1.807, 2.05) is 0 Å². The van der Waals surface area contributed by atoms with Gasteiger partial charge in [-0.25, -0.2) is 4.57 Å². The number of aryl methyl sites for hydroxylation is 2. The van der Waals surface area contributed by atoms with Crippen molar-refractivity contribution >= 4 is 27.3 Å². The van der Waals surface area contributed by atoms with Crippen LogP contribution in [0.15, 0.2) is 42.6 Å². The van der Waals surface area contributed by atoms with Gasteiger partial charge in [0.1, 0.15) is 11.7 Å². The van der Waals surface area contributed by atoms with E-state index in [0.717, 1.165) is 0 Å². The van der Waals surface area contributed by atoms with Gasteiger partial charge in [0.25, 0.3) is 5.65 Å². The first-order valence-electron chi connectivity index (χ1n) is 11.0. The van der Waals surface area contributed by atoms with E-state index in [-0.39, 0.29) is 0 Å². The van der Waals surface area contributed by atoms with Crippen molar-refractivity contribution in [3.63, 3.8) is 0 Å². The Kier molecular flexibility index (Phi) is 2.66. The molecular formula is C26H27N2+. The molecule has 2 nitrogen and oxygen atoms in total. The zero-order valence-corrected chi connectivity index (χ0v) is 16.9. The summed E-state index contributed by atoms with van der Waals surface area (Å²) in [7, 11) is 2.26. The minimum absolute atomic E-state index is 0.340. The van der Waals surface area contributed by atoms with E-state index in [1.54, 1.807) is 11.3 Å². The molecule has 0 spiro atoms. The lowest BCUT2D eigenvalue weighted by Crippen LogP contribution is -2.50. The molecule has 2 heteroatoms. The molecule has 1 aliphatic heterocycles. The number of hydrogen-bond acceptors (Lipinski definition) is 0. The lowest BCUT2D eigenvalue weighted by atomic mass is 9.52. The summed E-state index contributed by atoms with van der Waals surface area (Å²) in [6.07, 6.45) is 12.1. The van der Waals surface area contributed by atoms with Crippen molar-refractivity contribution in [3.8, 4) is 0 Å². The third kappa shape index (κ3) is 1.44. The van der Waals surface area contributed by atoms with E-state index >= 15 is 0 Å². The fourth-order valence-electron chi connectivity index (χ4n) is 7.78. The summed E-state index contributed by atoms with van der Waals surface area (Å²) in [5.41, 5.74) is 8.24. The first kappa shape index (κ1) is 15.6. The Morgan fingerprint density at radius 2 is 1.57 bits per heavy atom. The molecule has 0 amide bonds. The van der Waals surface area contributed by atoms with E-state index in [0.29, 0.717) is 10.8 Å². The van der Waals surface area contributed by atoms with Gasteiger partial charge in [-0.05, 0) is 38.2 Å². The van der Waals surface area contributed by atoms with Crippen LogP contribution in [0.2, 0.25) is 0 Å². The lowest BCUT2D eigenvalue weighted by Gasteiger charge is -2.50. The SMILES string of the molecule is Cc1cccc2c3cccc4c3n3c(c[n+](C)c3c12)C12CCCCC41CCC2. The third-order valence-electron chi connectivity index (χ3n) is 8.74. The van der Waals surface area contributed by atoms with Crippen LogP contribution in [-0.4, -0.2) is 4.40 Å². The summed E-state index contributed by atoms with van der Waals surface area (Å²) in [6.45, 7) is 2.27. The Bertz CT molecular complexity index is 1330. The van der Waals surface area contributed by atoms with Gasteiger partial charge >= 0.3 is 0 Å². The highest BCUT2D eigenvalue weighted by molar-refractivity contribution is 6.13. The van der Waals surface area contributed by atoms with Crippen LogP contribution in [0.25, 0.3) is 27.3 Å². The Hall–Kier alpha value is -2.35. The molecule has 2 unspecified atom stereocenters. The van der Waals surface area contributed by atoms with Crippen LogP contribution >= 0.6 is 0 Å². The summed E-state index contributed by atoms with van der Waals surface area (Å²) in [6, 6.07) is 14.0. The molecule has 3 heterocycles. The van der Waals surface area contributed by atoms with Crippen LogP contribution < -0.4 is 4.57 Å². The molecule has 3 aliphatic rings. The second-order valence-corrected chi connectivity index (χ2v) is 9.71. The van der Waals surface area contributed by atoms with E-state index in [9.17, 15) is 0 Å². The Labute approximate surface area is 165 Å². The van der Waals surface area contributed by atoms with Crippen molar-refractivity contribution in [2.45, 2.75) is 62.7 Å². The maximum absolute atomic E-state index is 2.69. The fourth-order valence-corrected chi connectivity index (χ4v) is 7.78. The minimum Gasteiger partial charge on any atom is -0.232 e.